The number of carbonyl (C=O) groups is 1. The van der Waals surface area contributed by atoms with E-state index >= 15 is 0 Å². The maximum atomic E-state index is 12.3. The molecule has 1 aliphatic heterocycles. The molecule has 19 heavy (non-hydrogen) atoms. The summed E-state index contributed by atoms with van der Waals surface area (Å²) in [6.07, 6.45) is 3.44. The maximum Gasteiger partial charge on any atom is 0.255 e. The second-order valence-electron chi connectivity index (χ2n) is 5.97. The predicted molar refractivity (Wildman–Crippen MR) is 73.0 cm³/mol. The van der Waals surface area contributed by atoms with Gasteiger partial charge in [0.15, 0.2) is 0 Å². The van der Waals surface area contributed by atoms with E-state index < -0.39 is 0 Å². The molecule has 1 amide bonds. The molecule has 1 unspecified atom stereocenters. The van der Waals surface area contributed by atoms with E-state index in [-0.39, 0.29) is 5.91 Å². The second kappa shape index (κ2) is 4.96. The lowest BCUT2D eigenvalue weighted by atomic mass is 9.79. The van der Waals surface area contributed by atoms with Crippen LogP contribution < -0.4 is 10.6 Å². The molecule has 3 atom stereocenters. The molecule has 0 spiro atoms. The number of fused-ring (bicyclic) bond motifs is 1. The summed E-state index contributed by atoms with van der Waals surface area (Å²) in [5.74, 6) is 1.59. The van der Waals surface area contributed by atoms with Crippen LogP contribution >= 0.6 is 0 Å². The van der Waals surface area contributed by atoms with Crippen LogP contribution in [0.5, 0.6) is 0 Å². The van der Waals surface area contributed by atoms with Crippen molar-refractivity contribution in [3.63, 3.8) is 0 Å². The summed E-state index contributed by atoms with van der Waals surface area (Å²) in [5, 5.41) is 13.6. The number of carbonyl (C=O) groups excluding carboxylic acids is 1. The Kier molecular flexibility index (Phi) is 3.31. The largest absolute Gasteiger partial charge is 0.349 e. The summed E-state index contributed by atoms with van der Waals surface area (Å²) < 4.78 is 0. The molecule has 1 saturated carbocycles. The van der Waals surface area contributed by atoms with Crippen molar-refractivity contribution in [1.82, 2.24) is 20.8 Å². The number of nitrogens with one attached hydrogen (secondary N) is 3. The number of H-pyrrole nitrogens is 1. The standard InChI is InChI=1S/C14H22N4O/c1-8-13(9(2)18-17-8)14(19)16-12-4-3-10-6-15-7-11(10)5-12/h10-12,15H,3-7H2,1-2H3,(H,16,19)(H,17,18)/t10-,11+,12?/m0/s1. The third kappa shape index (κ3) is 2.39. The van der Waals surface area contributed by atoms with E-state index in [2.05, 4.69) is 20.8 Å². The molecular formula is C14H22N4O. The highest BCUT2D eigenvalue weighted by Gasteiger charge is 2.34. The fourth-order valence-electron chi connectivity index (χ4n) is 3.57. The number of nitrogens with zero attached hydrogens (tertiary/aromatic N) is 1. The van der Waals surface area contributed by atoms with Crippen LogP contribution in [0.2, 0.25) is 0 Å². The lowest BCUT2D eigenvalue weighted by molar-refractivity contribution is 0.0912. The van der Waals surface area contributed by atoms with Gasteiger partial charge in [0, 0.05) is 11.7 Å². The van der Waals surface area contributed by atoms with Gasteiger partial charge in [0.05, 0.1) is 11.3 Å². The Hall–Kier alpha value is -1.36. The van der Waals surface area contributed by atoms with Gasteiger partial charge in [-0.1, -0.05) is 0 Å². The van der Waals surface area contributed by atoms with Gasteiger partial charge in [-0.05, 0) is 58.0 Å². The molecule has 1 saturated heterocycles. The smallest absolute Gasteiger partial charge is 0.255 e. The summed E-state index contributed by atoms with van der Waals surface area (Å²) in [5.41, 5.74) is 2.35. The molecule has 5 heteroatoms. The summed E-state index contributed by atoms with van der Waals surface area (Å²) in [4.78, 5) is 12.3. The molecule has 2 fully saturated rings. The topological polar surface area (TPSA) is 69.8 Å². The number of aryl methyl sites for hydroxylation is 2. The normalized spacial score (nSPS) is 30.1. The number of hydrogen-bond donors (Lipinski definition) is 3. The minimum Gasteiger partial charge on any atom is -0.349 e. The van der Waals surface area contributed by atoms with E-state index in [4.69, 9.17) is 0 Å². The van der Waals surface area contributed by atoms with Gasteiger partial charge in [-0.15, -0.1) is 0 Å². The third-order valence-corrected chi connectivity index (χ3v) is 4.64. The molecule has 0 aromatic carbocycles. The molecular weight excluding hydrogens is 240 g/mol. The molecule has 1 aromatic heterocycles. The first kappa shape index (κ1) is 12.7. The van der Waals surface area contributed by atoms with Gasteiger partial charge in [-0.25, -0.2) is 0 Å². The fraction of sp³-hybridized carbons (Fsp3) is 0.714. The van der Waals surface area contributed by atoms with Gasteiger partial charge in [0.25, 0.3) is 5.91 Å². The maximum absolute atomic E-state index is 12.3. The van der Waals surface area contributed by atoms with Crippen molar-refractivity contribution in [2.24, 2.45) is 11.8 Å². The van der Waals surface area contributed by atoms with E-state index in [9.17, 15) is 4.79 Å². The van der Waals surface area contributed by atoms with Gasteiger partial charge in [-0.2, -0.15) is 5.10 Å². The van der Waals surface area contributed by atoms with E-state index in [1.165, 1.54) is 6.42 Å². The summed E-state index contributed by atoms with van der Waals surface area (Å²) >= 11 is 0. The number of aromatic nitrogens is 2. The van der Waals surface area contributed by atoms with Gasteiger partial charge in [0.1, 0.15) is 0 Å². The van der Waals surface area contributed by atoms with Crippen LogP contribution in [-0.2, 0) is 0 Å². The molecule has 0 bridgehead atoms. The second-order valence-corrected chi connectivity index (χ2v) is 5.97. The molecule has 2 aliphatic rings. The minimum absolute atomic E-state index is 0.0261. The van der Waals surface area contributed by atoms with E-state index in [1.807, 2.05) is 13.8 Å². The molecule has 1 aromatic rings. The van der Waals surface area contributed by atoms with Crippen LogP contribution in [0, 0.1) is 25.7 Å². The van der Waals surface area contributed by atoms with Crippen LogP contribution in [-0.4, -0.2) is 35.2 Å². The number of aromatic amines is 1. The Morgan fingerprint density at radius 1 is 1.26 bits per heavy atom. The summed E-state index contributed by atoms with van der Waals surface area (Å²) in [6, 6.07) is 0.322. The Morgan fingerprint density at radius 3 is 2.79 bits per heavy atom. The highest BCUT2D eigenvalue weighted by molar-refractivity contribution is 5.96. The number of hydrogen-bond acceptors (Lipinski definition) is 3. The van der Waals surface area contributed by atoms with Crippen molar-refractivity contribution in [1.29, 1.82) is 0 Å². The zero-order valence-electron chi connectivity index (χ0n) is 11.6. The van der Waals surface area contributed by atoms with Crippen LogP contribution in [0.15, 0.2) is 0 Å². The molecule has 5 nitrogen and oxygen atoms in total. The van der Waals surface area contributed by atoms with Crippen molar-refractivity contribution >= 4 is 5.91 Å². The Morgan fingerprint density at radius 2 is 2.05 bits per heavy atom. The highest BCUT2D eigenvalue weighted by atomic mass is 16.1. The van der Waals surface area contributed by atoms with Gasteiger partial charge >= 0.3 is 0 Å². The van der Waals surface area contributed by atoms with Crippen molar-refractivity contribution in [3.05, 3.63) is 17.0 Å². The average molecular weight is 262 g/mol. The lowest BCUT2D eigenvalue weighted by Crippen LogP contribution is -2.41. The third-order valence-electron chi connectivity index (χ3n) is 4.64. The Bertz CT molecular complexity index is 462. The van der Waals surface area contributed by atoms with Gasteiger partial charge < -0.3 is 10.6 Å². The van der Waals surface area contributed by atoms with Crippen molar-refractivity contribution in [2.75, 3.05) is 13.1 Å². The van der Waals surface area contributed by atoms with Gasteiger partial charge in [-0.3, -0.25) is 9.89 Å². The predicted octanol–water partition coefficient (Wildman–Crippen LogP) is 1.14. The van der Waals surface area contributed by atoms with Crippen LogP contribution in [0.4, 0.5) is 0 Å². The first-order valence-corrected chi connectivity index (χ1v) is 7.18. The monoisotopic (exact) mass is 262 g/mol. The van der Waals surface area contributed by atoms with E-state index in [1.54, 1.807) is 0 Å². The molecule has 104 valence electrons. The van der Waals surface area contributed by atoms with Crippen LogP contribution in [0.1, 0.15) is 41.0 Å². The zero-order valence-corrected chi connectivity index (χ0v) is 11.6. The lowest BCUT2D eigenvalue weighted by Gasteiger charge is -2.31. The Labute approximate surface area is 113 Å². The van der Waals surface area contributed by atoms with Crippen molar-refractivity contribution in [2.45, 2.75) is 39.2 Å². The first-order chi connectivity index (χ1) is 9.15. The fourth-order valence-corrected chi connectivity index (χ4v) is 3.57. The summed E-state index contributed by atoms with van der Waals surface area (Å²) in [7, 11) is 0. The molecule has 1 aliphatic carbocycles. The SMILES string of the molecule is Cc1n[nH]c(C)c1C(=O)NC1CC[C@H]2CNC[C@H]2C1. The first-order valence-electron chi connectivity index (χ1n) is 7.18. The van der Waals surface area contributed by atoms with Crippen LogP contribution in [0.3, 0.4) is 0 Å². The Balaban J connectivity index is 1.64. The quantitative estimate of drug-likeness (QED) is 0.748. The highest BCUT2D eigenvalue weighted by Crippen LogP contribution is 2.32. The minimum atomic E-state index is 0.0261. The van der Waals surface area contributed by atoms with Crippen molar-refractivity contribution in [3.8, 4) is 0 Å². The van der Waals surface area contributed by atoms with Gasteiger partial charge in [0.2, 0.25) is 0 Å². The van der Waals surface area contributed by atoms with E-state index in [0.717, 1.165) is 49.2 Å². The summed E-state index contributed by atoms with van der Waals surface area (Å²) in [6.45, 7) is 6.04. The van der Waals surface area contributed by atoms with Crippen molar-refractivity contribution < 1.29 is 4.79 Å². The molecule has 2 heterocycles. The average Bonchev–Trinajstić information content (AvgIpc) is 2.95. The molecule has 3 rings (SSSR count). The van der Waals surface area contributed by atoms with Crippen LogP contribution in [0.25, 0.3) is 0 Å². The molecule has 3 N–H and O–H groups in total. The van der Waals surface area contributed by atoms with E-state index in [0.29, 0.717) is 11.6 Å². The number of rotatable bonds is 2. The number of amides is 1. The molecule has 0 radical (unpaired) electrons. The zero-order chi connectivity index (χ0) is 13.4.